The van der Waals surface area contributed by atoms with Crippen LogP contribution in [-0.4, -0.2) is 26.1 Å². The van der Waals surface area contributed by atoms with E-state index in [1.807, 2.05) is 42.5 Å². The van der Waals surface area contributed by atoms with E-state index in [-0.39, 0.29) is 5.91 Å². The third-order valence-corrected chi connectivity index (χ3v) is 4.82. The average Bonchev–Trinajstić information content (AvgIpc) is 2.85. The minimum Gasteiger partial charge on any atom is -0.455 e. The maximum atomic E-state index is 12.9. The molecule has 0 aliphatic heterocycles. The predicted octanol–water partition coefficient (Wildman–Crippen LogP) is 5.21. The van der Waals surface area contributed by atoms with Crippen molar-refractivity contribution in [1.29, 1.82) is 0 Å². The third kappa shape index (κ3) is 4.75. The van der Waals surface area contributed by atoms with Gasteiger partial charge in [0.25, 0.3) is 5.91 Å². The van der Waals surface area contributed by atoms with Gasteiger partial charge in [0.05, 0.1) is 17.9 Å². The van der Waals surface area contributed by atoms with Gasteiger partial charge in [-0.05, 0) is 36.4 Å². The summed E-state index contributed by atoms with van der Waals surface area (Å²) in [6, 6.07) is 22.1. The summed E-state index contributed by atoms with van der Waals surface area (Å²) in [4.78, 5) is 21.4. The van der Waals surface area contributed by atoms with Crippen LogP contribution in [0.25, 0.3) is 10.9 Å². The number of nitrogens with zero attached hydrogens (tertiary/aromatic N) is 4. The molecule has 0 spiro atoms. The van der Waals surface area contributed by atoms with Gasteiger partial charge in [0.15, 0.2) is 0 Å². The van der Waals surface area contributed by atoms with Crippen molar-refractivity contribution < 1.29 is 9.53 Å². The Labute approximate surface area is 189 Å². The normalized spacial score (nSPS) is 10.5. The van der Waals surface area contributed by atoms with Gasteiger partial charge in [-0.1, -0.05) is 24.3 Å². The van der Waals surface area contributed by atoms with Gasteiger partial charge in [-0.2, -0.15) is 10.2 Å². The van der Waals surface area contributed by atoms with E-state index in [2.05, 4.69) is 30.8 Å². The lowest BCUT2D eigenvalue weighted by molar-refractivity contribution is 0.102. The molecule has 2 aromatic carbocycles. The standard InChI is InChI=1S/C25H18N6O2/c32-25(31-24-15-19(8-11-27-24)33-20-9-13-28-29-16-20)17-4-3-5-18(14-17)30-23-10-12-26-22-7-2-1-6-21(22)23/h1-16H,(H,26,30)(H,27,31,32). The maximum Gasteiger partial charge on any atom is 0.256 e. The van der Waals surface area contributed by atoms with Crippen molar-refractivity contribution in [2.75, 3.05) is 10.6 Å². The van der Waals surface area contributed by atoms with Gasteiger partial charge in [-0.3, -0.25) is 9.78 Å². The molecule has 3 heterocycles. The van der Waals surface area contributed by atoms with Gasteiger partial charge in [0, 0.05) is 46.9 Å². The molecule has 3 aromatic heterocycles. The lowest BCUT2D eigenvalue weighted by Crippen LogP contribution is -2.13. The summed E-state index contributed by atoms with van der Waals surface area (Å²) in [7, 11) is 0. The summed E-state index contributed by atoms with van der Waals surface area (Å²) in [6.07, 6.45) is 6.36. The second-order valence-electron chi connectivity index (χ2n) is 7.09. The van der Waals surface area contributed by atoms with Crippen LogP contribution in [0.3, 0.4) is 0 Å². The largest absolute Gasteiger partial charge is 0.455 e. The number of amides is 1. The van der Waals surface area contributed by atoms with Crippen LogP contribution >= 0.6 is 0 Å². The molecule has 160 valence electrons. The van der Waals surface area contributed by atoms with Crippen LogP contribution < -0.4 is 15.4 Å². The second kappa shape index (κ2) is 9.11. The van der Waals surface area contributed by atoms with Gasteiger partial charge in [0.1, 0.15) is 17.3 Å². The van der Waals surface area contributed by atoms with Crippen LogP contribution in [0.1, 0.15) is 10.4 Å². The molecule has 0 aliphatic carbocycles. The number of fused-ring (bicyclic) bond motifs is 1. The highest BCUT2D eigenvalue weighted by molar-refractivity contribution is 6.04. The molecular weight excluding hydrogens is 416 g/mol. The summed E-state index contributed by atoms with van der Waals surface area (Å²) in [6.45, 7) is 0. The van der Waals surface area contributed by atoms with Crippen molar-refractivity contribution in [2.45, 2.75) is 0 Å². The molecule has 5 aromatic rings. The van der Waals surface area contributed by atoms with Crippen molar-refractivity contribution in [3.8, 4) is 11.5 Å². The first-order valence-corrected chi connectivity index (χ1v) is 10.2. The number of para-hydroxylation sites is 1. The Morgan fingerprint density at radius 1 is 0.788 bits per heavy atom. The Hall–Kier alpha value is -4.85. The number of hydrogen-bond donors (Lipinski definition) is 2. The van der Waals surface area contributed by atoms with Crippen molar-refractivity contribution in [3.05, 3.63) is 103 Å². The fourth-order valence-corrected chi connectivity index (χ4v) is 3.31. The zero-order valence-corrected chi connectivity index (χ0v) is 17.3. The smallest absolute Gasteiger partial charge is 0.256 e. The first-order chi connectivity index (χ1) is 16.2. The summed E-state index contributed by atoms with van der Waals surface area (Å²) >= 11 is 0. The molecule has 0 fully saturated rings. The highest BCUT2D eigenvalue weighted by Crippen LogP contribution is 2.26. The van der Waals surface area contributed by atoms with Gasteiger partial charge in [-0.15, -0.1) is 0 Å². The van der Waals surface area contributed by atoms with Gasteiger partial charge in [0.2, 0.25) is 0 Å². The molecular formula is C25H18N6O2. The zero-order valence-electron chi connectivity index (χ0n) is 17.3. The molecule has 0 radical (unpaired) electrons. The number of benzene rings is 2. The number of carbonyl (C=O) groups excluding carboxylic acids is 1. The molecule has 5 rings (SSSR count). The van der Waals surface area contributed by atoms with E-state index < -0.39 is 0 Å². The zero-order chi connectivity index (χ0) is 22.5. The summed E-state index contributed by atoms with van der Waals surface area (Å²) in [5, 5.41) is 14.7. The van der Waals surface area contributed by atoms with E-state index in [4.69, 9.17) is 4.74 Å². The Bertz CT molecular complexity index is 1420. The number of anilines is 3. The topological polar surface area (TPSA) is 102 Å². The molecule has 1 amide bonds. The van der Waals surface area contributed by atoms with Crippen LogP contribution in [0.4, 0.5) is 17.2 Å². The highest BCUT2D eigenvalue weighted by atomic mass is 16.5. The molecule has 0 unspecified atom stereocenters. The number of pyridine rings is 2. The minimum atomic E-state index is -0.284. The van der Waals surface area contributed by atoms with Crippen LogP contribution in [0, 0.1) is 0 Å². The van der Waals surface area contributed by atoms with Gasteiger partial charge in [-0.25, -0.2) is 4.98 Å². The lowest BCUT2D eigenvalue weighted by atomic mass is 10.1. The third-order valence-electron chi connectivity index (χ3n) is 4.82. The number of rotatable bonds is 6. The molecule has 0 saturated heterocycles. The van der Waals surface area contributed by atoms with Crippen LogP contribution in [-0.2, 0) is 0 Å². The number of aromatic nitrogens is 4. The molecule has 8 heteroatoms. The maximum absolute atomic E-state index is 12.9. The van der Waals surface area contributed by atoms with Crippen molar-refractivity contribution >= 4 is 34.0 Å². The fraction of sp³-hybridized carbons (Fsp3) is 0. The number of hydrogen-bond acceptors (Lipinski definition) is 7. The molecule has 33 heavy (non-hydrogen) atoms. The number of nitrogens with one attached hydrogen (secondary N) is 2. The van der Waals surface area contributed by atoms with E-state index in [1.165, 1.54) is 12.4 Å². The lowest BCUT2D eigenvalue weighted by Gasteiger charge is -2.11. The summed E-state index contributed by atoms with van der Waals surface area (Å²) in [5.74, 6) is 1.15. The number of ether oxygens (including phenoxy) is 1. The van der Waals surface area contributed by atoms with Gasteiger partial charge >= 0.3 is 0 Å². The second-order valence-corrected chi connectivity index (χ2v) is 7.09. The van der Waals surface area contributed by atoms with Crippen LogP contribution in [0.2, 0.25) is 0 Å². The Morgan fingerprint density at radius 3 is 2.58 bits per heavy atom. The summed E-state index contributed by atoms with van der Waals surface area (Å²) < 4.78 is 5.72. The molecule has 0 bridgehead atoms. The quantitative estimate of drug-likeness (QED) is 0.378. The Morgan fingerprint density at radius 2 is 1.67 bits per heavy atom. The van der Waals surface area contributed by atoms with Crippen LogP contribution in [0.5, 0.6) is 11.5 Å². The monoisotopic (exact) mass is 434 g/mol. The van der Waals surface area contributed by atoms with E-state index in [1.54, 1.807) is 42.7 Å². The fourth-order valence-electron chi connectivity index (χ4n) is 3.31. The number of carbonyl (C=O) groups is 1. The average molecular weight is 434 g/mol. The van der Waals surface area contributed by atoms with Crippen LogP contribution in [0.15, 0.2) is 97.6 Å². The van der Waals surface area contributed by atoms with E-state index >= 15 is 0 Å². The predicted molar refractivity (Wildman–Crippen MR) is 126 cm³/mol. The highest BCUT2D eigenvalue weighted by Gasteiger charge is 2.10. The Kier molecular flexibility index (Phi) is 5.54. The molecule has 0 atom stereocenters. The van der Waals surface area contributed by atoms with Crippen molar-refractivity contribution in [1.82, 2.24) is 20.2 Å². The SMILES string of the molecule is O=C(Nc1cc(Oc2ccnnc2)ccn1)c1cccc(Nc2ccnc3ccccc23)c1. The van der Waals surface area contributed by atoms with E-state index in [9.17, 15) is 4.79 Å². The molecule has 0 saturated carbocycles. The first-order valence-electron chi connectivity index (χ1n) is 10.2. The van der Waals surface area contributed by atoms with E-state index in [0.29, 0.717) is 22.9 Å². The Balaban J connectivity index is 1.32. The minimum absolute atomic E-state index is 0.284. The molecule has 0 aliphatic rings. The van der Waals surface area contributed by atoms with Gasteiger partial charge < -0.3 is 15.4 Å². The first kappa shape index (κ1) is 20.1. The van der Waals surface area contributed by atoms with Crippen molar-refractivity contribution in [3.63, 3.8) is 0 Å². The molecule has 2 N–H and O–H groups in total. The summed E-state index contributed by atoms with van der Waals surface area (Å²) in [5.41, 5.74) is 3.08. The van der Waals surface area contributed by atoms with E-state index in [0.717, 1.165) is 22.3 Å². The molecule has 8 nitrogen and oxygen atoms in total. The van der Waals surface area contributed by atoms with Crippen molar-refractivity contribution in [2.24, 2.45) is 0 Å².